The van der Waals surface area contributed by atoms with Crippen LogP contribution in [0.1, 0.15) is 29.6 Å². The van der Waals surface area contributed by atoms with E-state index in [1.54, 1.807) is 18.2 Å². The molecule has 1 fully saturated rings. The second-order valence-electron chi connectivity index (χ2n) is 6.20. The van der Waals surface area contributed by atoms with Gasteiger partial charge >= 0.3 is 0 Å². The van der Waals surface area contributed by atoms with Crippen LogP contribution in [0.2, 0.25) is 10.0 Å². The maximum Gasteiger partial charge on any atom is 0.176 e. The third kappa shape index (κ3) is 3.78. The largest absolute Gasteiger partial charge is 0.302 e. The Labute approximate surface area is 136 Å². The van der Waals surface area contributed by atoms with Gasteiger partial charge in [-0.25, -0.2) is 0 Å². The number of hydrogen-bond acceptors (Lipinski definition) is 3. The molecule has 0 saturated heterocycles. The van der Waals surface area contributed by atoms with Crippen LogP contribution in [-0.4, -0.2) is 55.4 Å². The average molecular weight is 329 g/mol. The van der Waals surface area contributed by atoms with Crippen molar-refractivity contribution in [1.82, 2.24) is 9.80 Å². The molecule has 0 atom stereocenters. The van der Waals surface area contributed by atoms with E-state index >= 15 is 0 Å². The number of halogens is 2. The minimum atomic E-state index is 0.0734. The molecule has 0 amide bonds. The van der Waals surface area contributed by atoms with Crippen LogP contribution in [-0.2, 0) is 0 Å². The third-order valence-electron chi connectivity index (χ3n) is 4.45. The van der Waals surface area contributed by atoms with Gasteiger partial charge < -0.3 is 4.90 Å². The number of nitrogens with zero attached hydrogens (tertiary/aromatic N) is 2. The van der Waals surface area contributed by atoms with Crippen molar-refractivity contribution in [2.24, 2.45) is 0 Å². The first kappa shape index (κ1) is 16.8. The third-order valence-corrected chi connectivity index (χ3v) is 5.19. The van der Waals surface area contributed by atoms with Gasteiger partial charge in [-0.05, 0) is 58.6 Å². The molecule has 5 heteroatoms. The van der Waals surface area contributed by atoms with Crippen molar-refractivity contribution in [2.45, 2.75) is 24.8 Å². The predicted octanol–water partition coefficient (Wildman–Crippen LogP) is 3.59. The molecular formula is C16H22Cl2N2O. The summed E-state index contributed by atoms with van der Waals surface area (Å²) in [6, 6.07) is 5.05. The highest BCUT2D eigenvalue weighted by Gasteiger charge is 2.39. The summed E-state index contributed by atoms with van der Waals surface area (Å²) in [5, 5.41) is 0.900. The average Bonchev–Trinajstić information content (AvgIpc) is 2.36. The first-order valence-electron chi connectivity index (χ1n) is 7.18. The van der Waals surface area contributed by atoms with Crippen molar-refractivity contribution in [2.75, 3.05) is 34.2 Å². The van der Waals surface area contributed by atoms with E-state index in [0.29, 0.717) is 22.2 Å². The first-order chi connectivity index (χ1) is 9.84. The summed E-state index contributed by atoms with van der Waals surface area (Å²) in [6.45, 7) is 1.31. The molecule has 1 aromatic carbocycles. The van der Waals surface area contributed by atoms with Crippen LogP contribution in [0, 0.1) is 0 Å². The van der Waals surface area contributed by atoms with E-state index in [1.165, 1.54) is 19.3 Å². The molecule has 0 radical (unpaired) electrons. The van der Waals surface area contributed by atoms with Crippen molar-refractivity contribution in [3.8, 4) is 0 Å². The Morgan fingerprint density at radius 3 is 2.33 bits per heavy atom. The molecule has 1 aliphatic rings. The molecule has 3 nitrogen and oxygen atoms in total. The van der Waals surface area contributed by atoms with Gasteiger partial charge in [-0.15, -0.1) is 0 Å². The molecule has 1 aromatic rings. The van der Waals surface area contributed by atoms with Gasteiger partial charge in [-0.2, -0.15) is 0 Å². The Bertz CT molecular complexity index is 527. The van der Waals surface area contributed by atoms with Gasteiger partial charge in [0.15, 0.2) is 5.78 Å². The minimum Gasteiger partial charge on any atom is -0.302 e. The summed E-state index contributed by atoms with van der Waals surface area (Å²) in [5.74, 6) is 0.0734. The maximum atomic E-state index is 12.3. The predicted molar refractivity (Wildman–Crippen MR) is 88.6 cm³/mol. The van der Waals surface area contributed by atoms with Gasteiger partial charge in [-0.1, -0.05) is 23.2 Å². The number of benzene rings is 1. The van der Waals surface area contributed by atoms with E-state index in [1.807, 2.05) is 7.05 Å². The van der Waals surface area contributed by atoms with E-state index in [9.17, 15) is 4.79 Å². The molecule has 1 saturated carbocycles. The van der Waals surface area contributed by atoms with Gasteiger partial charge in [0.05, 0.1) is 16.6 Å². The zero-order valence-electron chi connectivity index (χ0n) is 12.8. The smallest absolute Gasteiger partial charge is 0.176 e. The van der Waals surface area contributed by atoms with Crippen molar-refractivity contribution >= 4 is 29.0 Å². The fourth-order valence-corrected chi connectivity index (χ4v) is 3.19. The number of carbonyl (C=O) groups excluding carboxylic acids is 1. The van der Waals surface area contributed by atoms with Crippen LogP contribution in [0.15, 0.2) is 18.2 Å². The van der Waals surface area contributed by atoms with Gasteiger partial charge in [0, 0.05) is 17.6 Å². The molecule has 0 N–H and O–H groups in total. The van der Waals surface area contributed by atoms with Crippen LogP contribution >= 0.6 is 23.2 Å². The Balaban J connectivity index is 1.97. The zero-order chi connectivity index (χ0) is 15.6. The fraction of sp³-hybridized carbons (Fsp3) is 0.562. The molecule has 0 spiro atoms. The highest BCUT2D eigenvalue weighted by Crippen LogP contribution is 2.36. The Morgan fingerprint density at radius 2 is 1.86 bits per heavy atom. The summed E-state index contributed by atoms with van der Waals surface area (Å²) < 4.78 is 0. The Kier molecular flexibility index (Phi) is 5.31. The first-order valence-corrected chi connectivity index (χ1v) is 7.94. The molecule has 0 unspecified atom stereocenters. The van der Waals surface area contributed by atoms with Crippen LogP contribution in [0.5, 0.6) is 0 Å². The topological polar surface area (TPSA) is 23.6 Å². The van der Waals surface area contributed by atoms with Crippen molar-refractivity contribution in [3.05, 3.63) is 33.8 Å². The van der Waals surface area contributed by atoms with Gasteiger partial charge in [0.1, 0.15) is 0 Å². The molecule has 2 rings (SSSR count). The number of Topliss-reactive ketones (excluding diaryl/α,β-unsaturated/α-hetero) is 1. The molecule has 116 valence electrons. The molecule has 0 bridgehead atoms. The molecule has 1 aliphatic carbocycles. The number of likely N-dealkylation sites (N-methyl/N-ethyl adjacent to an activating group) is 2. The van der Waals surface area contributed by atoms with Crippen LogP contribution < -0.4 is 0 Å². The van der Waals surface area contributed by atoms with Gasteiger partial charge in [0.25, 0.3) is 0 Å². The van der Waals surface area contributed by atoms with E-state index < -0.39 is 0 Å². The zero-order valence-corrected chi connectivity index (χ0v) is 14.3. The van der Waals surface area contributed by atoms with Gasteiger partial charge in [-0.3, -0.25) is 9.69 Å². The quantitative estimate of drug-likeness (QED) is 0.745. The second kappa shape index (κ2) is 6.66. The van der Waals surface area contributed by atoms with E-state index in [2.05, 4.69) is 23.9 Å². The molecular weight excluding hydrogens is 307 g/mol. The lowest BCUT2D eigenvalue weighted by Gasteiger charge is -2.49. The van der Waals surface area contributed by atoms with E-state index in [-0.39, 0.29) is 11.3 Å². The molecule has 0 aliphatic heterocycles. The number of rotatable bonds is 6. The lowest BCUT2D eigenvalue weighted by Crippen LogP contribution is -2.57. The van der Waals surface area contributed by atoms with Crippen molar-refractivity contribution in [1.29, 1.82) is 0 Å². The van der Waals surface area contributed by atoms with Crippen molar-refractivity contribution in [3.63, 3.8) is 0 Å². The Hall–Kier alpha value is -0.610. The second-order valence-corrected chi connectivity index (χ2v) is 7.01. The highest BCUT2D eigenvalue weighted by molar-refractivity contribution is 6.42. The lowest BCUT2D eigenvalue weighted by atomic mass is 9.75. The van der Waals surface area contributed by atoms with Crippen LogP contribution in [0.4, 0.5) is 0 Å². The number of ketones is 1. The van der Waals surface area contributed by atoms with E-state index in [0.717, 1.165) is 6.54 Å². The lowest BCUT2D eigenvalue weighted by molar-refractivity contribution is 0.0280. The molecule has 0 aromatic heterocycles. The summed E-state index contributed by atoms with van der Waals surface area (Å²) >= 11 is 11.8. The molecule has 0 heterocycles. The SMILES string of the molecule is CN(CC(=O)c1ccc(Cl)c(Cl)c1)CC1(N(C)C)CCC1. The summed E-state index contributed by atoms with van der Waals surface area (Å²) in [5.41, 5.74) is 0.843. The van der Waals surface area contributed by atoms with Crippen molar-refractivity contribution < 1.29 is 4.79 Å². The van der Waals surface area contributed by atoms with Crippen LogP contribution in [0.3, 0.4) is 0 Å². The summed E-state index contributed by atoms with van der Waals surface area (Å²) in [6.07, 6.45) is 3.67. The highest BCUT2D eigenvalue weighted by atomic mass is 35.5. The summed E-state index contributed by atoms with van der Waals surface area (Å²) in [4.78, 5) is 16.7. The number of hydrogen-bond donors (Lipinski definition) is 0. The number of carbonyl (C=O) groups is 1. The van der Waals surface area contributed by atoms with E-state index in [4.69, 9.17) is 23.2 Å². The fourth-order valence-electron chi connectivity index (χ4n) is 2.90. The van der Waals surface area contributed by atoms with Gasteiger partial charge in [0.2, 0.25) is 0 Å². The summed E-state index contributed by atoms with van der Waals surface area (Å²) in [7, 11) is 6.24. The maximum absolute atomic E-state index is 12.3. The monoisotopic (exact) mass is 328 g/mol. The minimum absolute atomic E-state index is 0.0734. The normalized spacial score (nSPS) is 17.1. The van der Waals surface area contributed by atoms with Crippen LogP contribution in [0.25, 0.3) is 0 Å². The molecule has 21 heavy (non-hydrogen) atoms. The Morgan fingerprint density at radius 1 is 1.19 bits per heavy atom. The standard InChI is InChI=1S/C16H22Cl2N2O/c1-19(2)16(7-4-8-16)11-20(3)10-15(21)12-5-6-13(17)14(18)9-12/h5-6,9H,4,7-8,10-11H2,1-3H3.